The van der Waals surface area contributed by atoms with Gasteiger partial charge in [0.2, 0.25) is 5.16 Å². The summed E-state index contributed by atoms with van der Waals surface area (Å²) in [5, 5.41) is 20.4. The second-order valence-electron chi connectivity index (χ2n) is 5.49. The molecule has 1 unspecified atom stereocenters. The summed E-state index contributed by atoms with van der Waals surface area (Å²) >= 11 is 1.47. The number of rotatable bonds is 5. The number of carboxylic acid groups (broad SMARTS) is 1. The number of hydrogen-bond donors (Lipinski definition) is 1. The lowest BCUT2D eigenvalue weighted by molar-refractivity contribution is -0.138. The number of nitrogens with zero attached hydrogens (tertiary/aromatic N) is 4. The zero-order valence-electron chi connectivity index (χ0n) is 11.2. The number of ether oxygens (including phenoxy) is 1. The summed E-state index contributed by atoms with van der Waals surface area (Å²) in [4.78, 5) is 10.7. The van der Waals surface area contributed by atoms with E-state index in [4.69, 9.17) is 9.84 Å². The fourth-order valence-electron chi connectivity index (χ4n) is 3.09. The van der Waals surface area contributed by atoms with E-state index in [1.54, 1.807) is 0 Å². The molecule has 2 heterocycles. The van der Waals surface area contributed by atoms with Crippen LogP contribution >= 0.6 is 11.8 Å². The number of aliphatic carboxylic acids is 1. The van der Waals surface area contributed by atoms with Crippen molar-refractivity contribution in [1.82, 2.24) is 20.2 Å². The Balaban J connectivity index is 1.53. The first kappa shape index (κ1) is 13.8. The van der Waals surface area contributed by atoms with Crippen molar-refractivity contribution >= 4 is 17.7 Å². The Kier molecular flexibility index (Phi) is 3.93. The van der Waals surface area contributed by atoms with Crippen LogP contribution in [0.2, 0.25) is 0 Å². The molecule has 1 atom stereocenters. The van der Waals surface area contributed by atoms with Gasteiger partial charge in [0, 0.05) is 5.75 Å². The summed E-state index contributed by atoms with van der Waals surface area (Å²) < 4.78 is 7.53. The predicted molar refractivity (Wildman–Crippen MR) is 71.5 cm³/mol. The molecule has 3 rings (SSSR count). The van der Waals surface area contributed by atoms with Crippen LogP contribution in [0.15, 0.2) is 5.16 Å². The first-order valence-corrected chi connectivity index (χ1v) is 7.94. The van der Waals surface area contributed by atoms with E-state index in [-0.39, 0.29) is 18.2 Å². The van der Waals surface area contributed by atoms with Crippen LogP contribution in [0, 0.1) is 0 Å². The van der Waals surface area contributed by atoms with E-state index >= 15 is 0 Å². The quantitative estimate of drug-likeness (QED) is 0.820. The number of hydrogen-bond acceptors (Lipinski definition) is 6. The van der Waals surface area contributed by atoms with E-state index in [0.29, 0.717) is 5.16 Å². The molecule has 0 radical (unpaired) electrons. The summed E-state index contributed by atoms with van der Waals surface area (Å²) in [5.41, 5.74) is 0.137. The Labute approximate surface area is 121 Å². The van der Waals surface area contributed by atoms with Crippen LogP contribution in [0.4, 0.5) is 0 Å². The summed E-state index contributed by atoms with van der Waals surface area (Å²) in [6.45, 7) is -0.204. The van der Waals surface area contributed by atoms with Crippen LogP contribution in [0.25, 0.3) is 0 Å². The molecule has 1 N–H and O–H groups in total. The summed E-state index contributed by atoms with van der Waals surface area (Å²) in [6, 6.07) is 0. The maximum atomic E-state index is 10.7. The number of thioether (sulfide) groups is 1. The number of carboxylic acids is 1. The highest BCUT2D eigenvalue weighted by atomic mass is 32.2. The molecule has 7 nitrogen and oxygen atoms in total. The highest BCUT2D eigenvalue weighted by Crippen LogP contribution is 2.44. The molecule has 0 bridgehead atoms. The van der Waals surface area contributed by atoms with Gasteiger partial charge in [0.05, 0.1) is 11.7 Å². The predicted octanol–water partition coefficient (Wildman–Crippen LogP) is 1.34. The standard InChI is InChI=1S/C12H18N4O3S/c17-10(18)7-16-11(13-14-15-16)20-8-9-3-6-12(19-9)4-1-2-5-12/h9H,1-8H2,(H,17,18). The third kappa shape index (κ3) is 2.95. The SMILES string of the molecule is O=C(O)Cn1nnnc1SCC1CCC2(CCCC2)O1. The monoisotopic (exact) mass is 298 g/mol. The fourth-order valence-corrected chi connectivity index (χ4v) is 4.01. The highest BCUT2D eigenvalue weighted by Gasteiger charge is 2.42. The molecule has 1 aromatic heterocycles. The molecule has 110 valence electrons. The topological polar surface area (TPSA) is 90.1 Å². The van der Waals surface area contributed by atoms with Gasteiger partial charge < -0.3 is 9.84 Å². The average Bonchev–Trinajstić information content (AvgIpc) is 3.11. The van der Waals surface area contributed by atoms with Crippen molar-refractivity contribution in [2.75, 3.05) is 5.75 Å². The van der Waals surface area contributed by atoms with Gasteiger partial charge in [-0.1, -0.05) is 24.6 Å². The van der Waals surface area contributed by atoms with Crippen molar-refractivity contribution in [3.8, 4) is 0 Å². The Hall–Kier alpha value is -1.15. The van der Waals surface area contributed by atoms with Crippen molar-refractivity contribution in [1.29, 1.82) is 0 Å². The largest absolute Gasteiger partial charge is 0.480 e. The summed E-state index contributed by atoms with van der Waals surface area (Å²) in [5.74, 6) is -0.164. The minimum Gasteiger partial charge on any atom is -0.480 e. The van der Waals surface area contributed by atoms with Gasteiger partial charge >= 0.3 is 5.97 Å². The molecule has 1 spiro atoms. The molecule has 20 heavy (non-hydrogen) atoms. The molecule has 1 saturated carbocycles. The molecule has 8 heteroatoms. The van der Waals surface area contributed by atoms with E-state index in [9.17, 15) is 4.79 Å². The molecule has 0 aromatic carbocycles. The molecule has 1 aliphatic carbocycles. The van der Waals surface area contributed by atoms with Crippen molar-refractivity contribution < 1.29 is 14.6 Å². The molecule has 0 amide bonds. The second-order valence-corrected chi connectivity index (χ2v) is 6.48. The van der Waals surface area contributed by atoms with Gasteiger partial charge in [-0.3, -0.25) is 4.79 Å². The van der Waals surface area contributed by atoms with Crippen molar-refractivity contribution in [3.63, 3.8) is 0 Å². The van der Waals surface area contributed by atoms with Gasteiger partial charge in [0.1, 0.15) is 6.54 Å². The number of tetrazole rings is 1. The highest BCUT2D eigenvalue weighted by molar-refractivity contribution is 7.99. The number of aromatic nitrogens is 4. The minimum atomic E-state index is -0.943. The Morgan fingerprint density at radius 1 is 1.45 bits per heavy atom. The smallest absolute Gasteiger partial charge is 0.325 e. The molecule has 1 saturated heterocycles. The van der Waals surface area contributed by atoms with Gasteiger partial charge in [0.15, 0.2) is 0 Å². The molecule has 2 fully saturated rings. The zero-order valence-corrected chi connectivity index (χ0v) is 12.0. The minimum absolute atomic E-state index is 0.137. The van der Waals surface area contributed by atoms with Crippen molar-refractivity contribution in [2.45, 2.75) is 61.9 Å². The molecular formula is C12H18N4O3S. The van der Waals surface area contributed by atoms with Crippen LogP contribution in [0.5, 0.6) is 0 Å². The first-order chi connectivity index (χ1) is 9.67. The van der Waals surface area contributed by atoms with Gasteiger partial charge in [-0.2, -0.15) is 0 Å². The lowest BCUT2D eigenvalue weighted by atomic mass is 9.98. The Bertz CT molecular complexity index is 487. The average molecular weight is 298 g/mol. The van der Waals surface area contributed by atoms with E-state index in [2.05, 4.69) is 15.5 Å². The lowest BCUT2D eigenvalue weighted by Gasteiger charge is -2.23. The molecule has 2 aliphatic rings. The summed E-state index contributed by atoms with van der Waals surface area (Å²) in [7, 11) is 0. The normalized spacial score (nSPS) is 24.5. The van der Waals surface area contributed by atoms with E-state index < -0.39 is 5.97 Å². The Morgan fingerprint density at radius 2 is 2.25 bits per heavy atom. The van der Waals surface area contributed by atoms with E-state index in [1.165, 1.54) is 42.1 Å². The van der Waals surface area contributed by atoms with Crippen molar-refractivity contribution in [2.24, 2.45) is 0 Å². The van der Waals surface area contributed by atoms with Gasteiger partial charge in [-0.25, -0.2) is 4.68 Å². The van der Waals surface area contributed by atoms with Crippen LogP contribution in [-0.4, -0.2) is 48.7 Å². The maximum Gasteiger partial charge on any atom is 0.325 e. The lowest BCUT2D eigenvalue weighted by Crippen LogP contribution is -2.25. The van der Waals surface area contributed by atoms with Gasteiger partial charge in [-0.05, 0) is 36.1 Å². The van der Waals surface area contributed by atoms with Crippen LogP contribution < -0.4 is 0 Å². The molecule has 1 aromatic rings. The first-order valence-electron chi connectivity index (χ1n) is 6.95. The zero-order chi connectivity index (χ0) is 14.0. The van der Waals surface area contributed by atoms with Crippen molar-refractivity contribution in [3.05, 3.63) is 0 Å². The molecular weight excluding hydrogens is 280 g/mol. The van der Waals surface area contributed by atoms with Crippen LogP contribution in [0.3, 0.4) is 0 Å². The van der Waals surface area contributed by atoms with Gasteiger partial charge in [0.25, 0.3) is 0 Å². The second kappa shape index (κ2) is 5.69. The fraction of sp³-hybridized carbons (Fsp3) is 0.833. The number of carbonyl (C=O) groups is 1. The van der Waals surface area contributed by atoms with Crippen LogP contribution in [-0.2, 0) is 16.1 Å². The summed E-state index contributed by atoms with van der Waals surface area (Å²) in [6.07, 6.45) is 7.38. The van der Waals surface area contributed by atoms with Crippen LogP contribution in [0.1, 0.15) is 38.5 Å². The van der Waals surface area contributed by atoms with E-state index in [0.717, 1.165) is 18.6 Å². The van der Waals surface area contributed by atoms with Gasteiger partial charge in [-0.15, -0.1) is 5.10 Å². The van der Waals surface area contributed by atoms with E-state index in [1.807, 2.05) is 0 Å². The molecule has 1 aliphatic heterocycles. The Morgan fingerprint density at radius 3 is 3.00 bits per heavy atom. The maximum absolute atomic E-state index is 10.7. The third-order valence-corrected chi connectivity index (χ3v) is 5.12. The third-order valence-electron chi connectivity index (χ3n) is 4.04.